The van der Waals surface area contributed by atoms with E-state index in [4.69, 9.17) is 14.2 Å². The molecule has 10 nitrogen and oxygen atoms in total. The molecular formula is C29H25NO9. The first kappa shape index (κ1) is 27.1. The molecule has 0 saturated carbocycles. The Hall–Kier alpha value is -4.99. The highest BCUT2D eigenvalue weighted by atomic mass is 16.5. The predicted molar refractivity (Wildman–Crippen MR) is 138 cm³/mol. The summed E-state index contributed by atoms with van der Waals surface area (Å²) < 4.78 is 20.3. The summed E-state index contributed by atoms with van der Waals surface area (Å²) in [5, 5.41) is 0. The van der Waals surface area contributed by atoms with Crippen LogP contribution in [0, 0.1) is 5.92 Å². The van der Waals surface area contributed by atoms with Gasteiger partial charge in [0, 0.05) is 24.2 Å². The van der Waals surface area contributed by atoms with Crippen LogP contribution < -0.4 is 14.4 Å². The number of Topliss-reactive ketones (excluding diaryl/α,β-unsaturated/α-hetero) is 1. The van der Waals surface area contributed by atoms with E-state index in [0.717, 1.165) is 0 Å². The van der Waals surface area contributed by atoms with E-state index in [1.54, 1.807) is 36.4 Å². The first-order chi connectivity index (χ1) is 18.8. The van der Waals surface area contributed by atoms with Crippen molar-refractivity contribution < 1.29 is 42.9 Å². The molecule has 0 aromatic heterocycles. The molecule has 1 saturated heterocycles. The van der Waals surface area contributed by atoms with E-state index in [0.29, 0.717) is 22.6 Å². The fourth-order valence-corrected chi connectivity index (χ4v) is 3.97. The molecule has 0 unspecified atom stereocenters. The lowest BCUT2D eigenvalue weighted by molar-refractivity contribution is -0.147. The largest absolute Gasteiger partial charge is 0.497 e. The summed E-state index contributed by atoms with van der Waals surface area (Å²) in [5.41, 5.74) is 1.44. The van der Waals surface area contributed by atoms with E-state index in [-0.39, 0.29) is 30.2 Å². The lowest BCUT2D eigenvalue weighted by Crippen LogP contribution is -2.27. The summed E-state index contributed by atoms with van der Waals surface area (Å²) in [4.78, 5) is 62.9. The van der Waals surface area contributed by atoms with E-state index in [1.807, 2.05) is 0 Å². The number of nitrogens with zero attached hydrogens (tertiary/aromatic N) is 1. The van der Waals surface area contributed by atoms with Crippen molar-refractivity contribution in [2.24, 2.45) is 5.92 Å². The molecular weight excluding hydrogens is 506 g/mol. The van der Waals surface area contributed by atoms with Crippen molar-refractivity contribution in [1.29, 1.82) is 0 Å². The summed E-state index contributed by atoms with van der Waals surface area (Å²) >= 11 is 0. The van der Waals surface area contributed by atoms with Gasteiger partial charge in [0.2, 0.25) is 5.91 Å². The number of benzene rings is 3. The standard InChI is InChI=1S/C29H25NO9/c1-36-24-5-3-4-20(14-24)29(35)39-23-12-8-18(9-13-23)25(31)17-38-28(34)21-15-26(32)30(16-21)22-10-6-19(7-11-22)27(33)37-2/h3-14,21H,15-17H2,1-2H3/t21-/m0/s1. The monoisotopic (exact) mass is 531 g/mol. The summed E-state index contributed by atoms with van der Waals surface area (Å²) in [5.74, 6) is -2.43. The van der Waals surface area contributed by atoms with Gasteiger partial charge in [-0.1, -0.05) is 6.07 Å². The van der Waals surface area contributed by atoms with Crippen molar-refractivity contribution in [3.8, 4) is 11.5 Å². The van der Waals surface area contributed by atoms with Crippen molar-refractivity contribution in [2.45, 2.75) is 6.42 Å². The molecule has 1 heterocycles. The Bertz CT molecular complexity index is 1400. The van der Waals surface area contributed by atoms with Crippen LogP contribution in [0.2, 0.25) is 0 Å². The molecule has 1 aliphatic rings. The average molecular weight is 532 g/mol. The Balaban J connectivity index is 1.28. The second-order valence-corrected chi connectivity index (χ2v) is 8.62. The van der Waals surface area contributed by atoms with Gasteiger partial charge in [-0.25, -0.2) is 9.59 Å². The average Bonchev–Trinajstić information content (AvgIpc) is 3.37. The highest BCUT2D eigenvalue weighted by molar-refractivity contribution is 6.01. The van der Waals surface area contributed by atoms with Gasteiger partial charge in [-0.3, -0.25) is 14.4 Å². The van der Waals surface area contributed by atoms with Gasteiger partial charge in [-0.15, -0.1) is 0 Å². The maximum atomic E-state index is 12.6. The molecule has 1 aliphatic heterocycles. The zero-order chi connectivity index (χ0) is 27.9. The second kappa shape index (κ2) is 12.0. The number of hydrogen-bond donors (Lipinski definition) is 0. The van der Waals surface area contributed by atoms with Gasteiger partial charge in [-0.05, 0) is 66.7 Å². The van der Waals surface area contributed by atoms with E-state index in [2.05, 4.69) is 4.74 Å². The third kappa shape index (κ3) is 6.48. The number of anilines is 1. The van der Waals surface area contributed by atoms with Gasteiger partial charge in [0.05, 0.1) is 31.3 Å². The predicted octanol–water partition coefficient (Wildman–Crippen LogP) is 3.48. The number of carbonyl (C=O) groups excluding carboxylic acids is 5. The molecule has 3 aromatic rings. The Kier molecular flexibility index (Phi) is 8.35. The number of ketones is 1. The summed E-state index contributed by atoms with van der Waals surface area (Å²) in [6, 6.07) is 18.6. The van der Waals surface area contributed by atoms with Crippen LogP contribution in [0.3, 0.4) is 0 Å². The highest BCUT2D eigenvalue weighted by Gasteiger charge is 2.36. The van der Waals surface area contributed by atoms with Crippen molar-refractivity contribution in [2.75, 3.05) is 32.3 Å². The Morgan fingerprint density at radius 2 is 1.51 bits per heavy atom. The fourth-order valence-electron chi connectivity index (χ4n) is 3.97. The Labute approximate surface area is 224 Å². The van der Waals surface area contributed by atoms with Gasteiger partial charge >= 0.3 is 17.9 Å². The number of carbonyl (C=O) groups is 5. The molecule has 0 aliphatic carbocycles. The molecule has 1 atom stereocenters. The maximum absolute atomic E-state index is 12.6. The van der Waals surface area contributed by atoms with Crippen LogP contribution in [0.25, 0.3) is 0 Å². The Morgan fingerprint density at radius 1 is 0.821 bits per heavy atom. The van der Waals surface area contributed by atoms with Crippen LogP contribution in [-0.2, 0) is 19.1 Å². The highest BCUT2D eigenvalue weighted by Crippen LogP contribution is 2.26. The van der Waals surface area contributed by atoms with Crippen molar-refractivity contribution >= 4 is 35.3 Å². The minimum atomic E-state index is -0.732. The number of amides is 1. The summed E-state index contributed by atoms with van der Waals surface area (Å²) in [7, 11) is 2.77. The van der Waals surface area contributed by atoms with Crippen LogP contribution in [0.5, 0.6) is 11.5 Å². The van der Waals surface area contributed by atoms with E-state index < -0.39 is 36.2 Å². The van der Waals surface area contributed by atoms with Crippen molar-refractivity contribution in [3.05, 3.63) is 89.5 Å². The van der Waals surface area contributed by atoms with E-state index in [1.165, 1.54) is 55.5 Å². The zero-order valence-electron chi connectivity index (χ0n) is 21.2. The van der Waals surface area contributed by atoms with Gasteiger partial charge in [0.1, 0.15) is 11.5 Å². The van der Waals surface area contributed by atoms with Gasteiger partial charge in [-0.2, -0.15) is 0 Å². The molecule has 1 fully saturated rings. The second-order valence-electron chi connectivity index (χ2n) is 8.62. The van der Waals surface area contributed by atoms with Crippen LogP contribution in [-0.4, -0.2) is 57.0 Å². The number of esters is 3. The summed E-state index contributed by atoms with van der Waals surface area (Å²) in [6.07, 6.45) is -0.0564. The summed E-state index contributed by atoms with van der Waals surface area (Å²) in [6.45, 7) is -0.406. The number of rotatable bonds is 9. The van der Waals surface area contributed by atoms with Crippen LogP contribution in [0.15, 0.2) is 72.8 Å². The molecule has 0 N–H and O–H groups in total. The third-order valence-corrected chi connectivity index (χ3v) is 6.10. The molecule has 39 heavy (non-hydrogen) atoms. The third-order valence-electron chi connectivity index (χ3n) is 6.10. The lowest BCUT2D eigenvalue weighted by atomic mass is 10.1. The topological polar surface area (TPSA) is 126 Å². The minimum absolute atomic E-state index is 0.0564. The first-order valence-corrected chi connectivity index (χ1v) is 11.9. The van der Waals surface area contributed by atoms with E-state index >= 15 is 0 Å². The number of methoxy groups -OCH3 is 2. The molecule has 0 spiro atoms. The molecule has 0 radical (unpaired) electrons. The molecule has 4 rings (SSSR count). The molecule has 1 amide bonds. The lowest BCUT2D eigenvalue weighted by Gasteiger charge is -2.16. The van der Waals surface area contributed by atoms with Crippen LogP contribution >= 0.6 is 0 Å². The SMILES string of the molecule is COC(=O)c1ccc(N2C[C@@H](C(=O)OCC(=O)c3ccc(OC(=O)c4cccc(OC)c4)cc3)CC2=O)cc1. The van der Waals surface area contributed by atoms with Crippen LogP contribution in [0.1, 0.15) is 37.5 Å². The van der Waals surface area contributed by atoms with Gasteiger partial charge in [0.15, 0.2) is 12.4 Å². The minimum Gasteiger partial charge on any atom is -0.497 e. The van der Waals surface area contributed by atoms with Crippen LogP contribution in [0.4, 0.5) is 5.69 Å². The van der Waals surface area contributed by atoms with Crippen molar-refractivity contribution in [3.63, 3.8) is 0 Å². The molecule has 200 valence electrons. The Morgan fingerprint density at radius 3 is 2.18 bits per heavy atom. The zero-order valence-corrected chi connectivity index (χ0v) is 21.2. The molecule has 10 heteroatoms. The first-order valence-electron chi connectivity index (χ1n) is 11.9. The number of hydrogen-bond acceptors (Lipinski definition) is 9. The smallest absolute Gasteiger partial charge is 0.343 e. The normalized spacial score (nSPS) is 14.5. The fraction of sp³-hybridized carbons (Fsp3) is 0.207. The molecule has 3 aromatic carbocycles. The van der Waals surface area contributed by atoms with Gasteiger partial charge in [0.25, 0.3) is 0 Å². The van der Waals surface area contributed by atoms with Gasteiger partial charge < -0.3 is 23.8 Å². The maximum Gasteiger partial charge on any atom is 0.343 e. The number of ether oxygens (including phenoxy) is 4. The van der Waals surface area contributed by atoms with E-state index in [9.17, 15) is 24.0 Å². The molecule has 0 bridgehead atoms. The van der Waals surface area contributed by atoms with Crippen molar-refractivity contribution in [1.82, 2.24) is 0 Å². The quantitative estimate of drug-likeness (QED) is 0.232.